The van der Waals surface area contributed by atoms with E-state index in [0.717, 1.165) is 5.01 Å². The Balaban J connectivity index is 2.85. The second kappa shape index (κ2) is 2.45. The summed E-state index contributed by atoms with van der Waals surface area (Å²) in [6.45, 7) is 0. The van der Waals surface area contributed by atoms with Crippen LogP contribution in [0.1, 0.15) is 5.01 Å². The molecule has 0 saturated carbocycles. The van der Waals surface area contributed by atoms with E-state index in [-0.39, 0.29) is 0 Å². The lowest BCUT2D eigenvalue weighted by atomic mass is 10.6. The molecule has 0 atom stereocenters. The Morgan fingerprint density at radius 2 is 2.22 bits per heavy atom. The molecule has 0 aliphatic heterocycles. The lowest BCUT2D eigenvalue weighted by Gasteiger charge is -1.72. The molecule has 0 fully saturated rings. The van der Waals surface area contributed by atoms with Gasteiger partial charge in [-0.3, -0.25) is 0 Å². The van der Waals surface area contributed by atoms with Crippen LogP contribution in [0.2, 0.25) is 0 Å². The SMILES string of the molecule is N/C=C/c1nnc(N)s1. The molecule has 0 aliphatic rings. The van der Waals surface area contributed by atoms with Crippen LogP contribution in [0, 0.1) is 0 Å². The fraction of sp³-hybridized carbons (Fsp3) is 0. The molecule has 0 aliphatic carbocycles. The van der Waals surface area contributed by atoms with E-state index in [1.807, 2.05) is 0 Å². The Labute approximate surface area is 56.2 Å². The van der Waals surface area contributed by atoms with Gasteiger partial charge in [-0.05, 0) is 12.3 Å². The summed E-state index contributed by atoms with van der Waals surface area (Å²) in [6, 6.07) is 0. The molecule has 4 nitrogen and oxygen atoms in total. The highest BCUT2D eigenvalue weighted by Gasteiger charge is 1.92. The van der Waals surface area contributed by atoms with E-state index < -0.39 is 0 Å². The van der Waals surface area contributed by atoms with E-state index in [2.05, 4.69) is 10.2 Å². The largest absolute Gasteiger partial charge is 0.405 e. The lowest BCUT2D eigenvalue weighted by Crippen LogP contribution is -1.80. The van der Waals surface area contributed by atoms with E-state index >= 15 is 0 Å². The molecule has 0 aromatic carbocycles. The van der Waals surface area contributed by atoms with Crippen molar-refractivity contribution < 1.29 is 0 Å². The predicted molar refractivity (Wildman–Crippen MR) is 37.5 cm³/mol. The number of hydrogen-bond donors (Lipinski definition) is 2. The van der Waals surface area contributed by atoms with Crippen LogP contribution in [0.3, 0.4) is 0 Å². The van der Waals surface area contributed by atoms with Crippen molar-refractivity contribution in [3.8, 4) is 0 Å². The zero-order valence-corrected chi connectivity index (χ0v) is 5.43. The van der Waals surface area contributed by atoms with Crippen LogP contribution < -0.4 is 11.5 Å². The first-order chi connectivity index (χ1) is 4.33. The summed E-state index contributed by atoms with van der Waals surface area (Å²) < 4.78 is 0. The van der Waals surface area contributed by atoms with Gasteiger partial charge in [-0.25, -0.2) is 0 Å². The first kappa shape index (κ1) is 6.03. The lowest BCUT2D eigenvalue weighted by molar-refractivity contribution is 1.09. The molecule has 0 spiro atoms. The molecule has 1 rings (SSSR count). The van der Waals surface area contributed by atoms with E-state index in [1.54, 1.807) is 6.08 Å². The van der Waals surface area contributed by atoms with E-state index in [0.29, 0.717) is 5.13 Å². The van der Waals surface area contributed by atoms with Crippen LogP contribution in [-0.2, 0) is 0 Å². The Kier molecular flexibility index (Phi) is 1.64. The Hall–Kier alpha value is -1.10. The maximum Gasteiger partial charge on any atom is 0.203 e. The summed E-state index contributed by atoms with van der Waals surface area (Å²) in [4.78, 5) is 0. The summed E-state index contributed by atoms with van der Waals surface area (Å²) in [5, 5.41) is 8.45. The Morgan fingerprint density at radius 3 is 2.67 bits per heavy atom. The van der Waals surface area contributed by atoms with Gasteiger partial charge in [0.1, 0.15) is 5.01 Å². The molecule has 1 aromatic heterocycles. The first-order valence-electron chi connectivity index (χ1n) is 2.30. The smallest absolute Gasteiger partial charge is 0.203 e. The van der Waals surface area contributed by atoms with Gasteiger partial charge in [0.05, 0.1) is 0 Å². The van der Waals surface area contributed by atoms with Crippen LogP contribution >= 0.6 is 11.3 Å². The molecule has 4 N–H and O–H groups in total. The Bertz CT molecular complexity index is 216. The van der Waals surface area contributed by atoms with E-state index in [4.69, 9.17) is 11.5 Å². The number of nitrogen functional groups attached to an aromatic ring is 1. The minimum atomic E-state index is 0.461. The van der Waals surface area contributed by atoms with Crippen molar-refractivity contribution in [1.29, 1.82) is 0 Å². The number of nitrogens with two attached hydrogens (primary N) is 2. The predicted octanol–water partition coefficient (Wildman–Crippen LogP) is 0.0497. The number of anilines is 1. The molecule has 0 bridgehead atoms. The maximum atomic E-state index is 5.28. The molecule has 0 radical (unpaired) electrons. The van der Waals surface area contributed by atoms with Crippen molar-refractivity contribution in [2.75, 3.05) is 5.73 Å². The van der Waals surface area contributed by atoms with Crippen molar-refractivity contribution in [3.63, 3.8) is 0 Å². The highest BCUT2D eigenvalue weighted by atomic mass is 32.1. The average Bonchev–Trinajstić information content (AvgIpc) is 2.17. The molecule has 0 unspecified atom stereocenters. The van der Waals surface area contributed by atoms with Crippen molar-refractivity contribution in [2.45, 2.75) is 0 Å². The summed E-state index contributed by atoms with van der Waals surface area (Å²) >= 11 is 1.30. The van der Waals surface area contributed by atoms with Crippen LogP contribution in [0.5, 0.6) is 0 Å². The first-order valence-corrected chi connectivity index (χ1v) is 3.12. The zero-order chi connectivity index (χ0) is 6.69. The normalized spacial score (nSPS) is 10.7. The molecule has 9 heavy (non-hydrogen) atoms. The number of nitrogens with zero attached hydrogens (tertiary/aromatic N) is 2. The average molecular weight is 142 g/mol. The highest BCUT2D eigenvalue weighted by Crippen LogP contribution is 2.11. The minimum Gasteiger partial charge on any atom is -0.405 e. The topological polar surface area (TPSA) is 77.8 Å². The molecular formula is C4H6N4S. The van der Waals surface area contributed by atoms with Crippen molar-refractivity contribution in [2.24, 2.45) is 5.73 Å². The van der Waals surface area contributed by atoms with Crippen LogP contribution in [0.15, 0.2) is 6.20 Å². The van der Waals surface area contributed by atoms with Gasteiger partial charge in [-0.15, -0.1) is 10.2 Å². The number of aromatic nitrogens is 2. The van der Waals surface area contributed by atoms with Crippen molar-refractivity contribution in [1.82, 2.24) is 10.2 Å². The van der Waals surface area contributed by atoms with Gasteiger partial charge in [-0.2, -0.15) is 0 Å². The third-order valence-electron chi connectivity index (χ3n) is 0.695. The van der Waals surface area contributed by atoms with Crippen LogP contribution in [-0.4, -0.2) is 10.2 Å². The maximum absolute atomic E-state index is 5.28. The van der Waals surface area contributed by atoms with Gasteiger partial charge in [0.2, 0.25) is 5.13 Å². The summed E-state index contributed by atoms with van der Waals surface area (Å²) in [7, 11) is 0. The van der Waals surface area contributed by atoms with Gasteiger partial charge >= 0.3 is 0 Å². The molecular weight excluding hydrogens is 136 g/mol. The molecule has 48 valence electrons. The van der Waals surface area contributed by atoms with E-state index in [1.165, 1.54) is 17.5 Å². The van der Waals surface area contributed by atoms with Gasteiger partial charge in [0.15, 0.2) is 0 Å². The molecule has 5 heteroatoms. The van der Waals surface area contributed by atoms with Gasteiger partial charge in [0, 0.05) is 0 Å². The number of hydrogen-bond acceptors (Lipinski definition) is 5. The van der Waals surface area contributed by atoms with E-state index in [9.17, 15) is 0 Å². The standard InChI is InChI=1S/C4H6N4S/c5-2-1-3-7-8-4(6)9-3/h1-2H,5H2,(H2,6,8)/b2-1+. The second-order valence-electron chi connectivity index (χ2n) is 1.34. The van der Waals surface area contributed by atoms with Gasteiger partial charge in [0.25, 0.3) is 0 Å². The number of rotatable bonds is 1. The second-order valence-corrected chi connectivity index (χ2v) is 2.38. The van der Waals surface area contributed by atoms with Gasteiger partial charge < -0.3 is 11.5 Å². The summed E-state index contributed by atoms with van der Waals surface area (Å²) in [6.07, 6.45) is 3.05. The van der Waals surface area contributed by atoms with Gasteiger partial charge in [-0.1, -0.05) is 11.3 Å². The molecule has 1 heterocycles. The van der Waals surface area contributed by atoms with Crippen molar-refractivity contribution >= 4 is 22.5 Å². The zero-order valence-electron chi connectivity index (χ0n) is 4.61. The third kappa shape index (κ3) is 1.39. The van der Waals surface area contributed by atoms with Crippen LogP contribution in [0.25, 0.3) is 6.08 Å². The fourth-order valence-electron chi connectivity index (χ4n) is 0.396. The summed E-state index contributed by atoms with van der Waals surface area (Å²) in [5.41, 5.74) is 10.4. The molecule has 0 amide bonds. The quantitative estimate of drug-likeness (QED) is 0.580. The minimum absolute atomic E-state index is 0.461. The Morgan fingerprint density at radius 1 is 1.44 bits per heavy atom. The molecule has 0 saturated heterocycles. The monoisotopic (exact) mass is 142 g/mol. The molecule has 1 aromatic rings. The highest BCUT2D eigenvalue weighted by molar-refractivity contribution is 7.15. The van der Waals surface area contributed by atoms with Crippen molar-refractivity contribution in [3.05, 3.63) is 11.2 Å². The summed E-state index contributed by atoms with van der Waals surface area (Å²) in [5.74, 6) is 0. The third-order valence-corrected chi connectivity index (χ3v) is 1.41. The fourth-order valence-corrected chi connectivity index (χ4v) is 0.920. The van der Waals surface area contributed by atoms with Crippen LogP contribution in [0.4, 0.5) is 5.13 Å².